The van der Waals surface area contributed by atoms with Crippen LogP contribution in [-0.4, -0.2) is 35.7 Å². The van der Waals surface area contributed by atoms with E-state index in [-0.39, 0.29) is 23.7 Å². The molecular formula is C26H21Cl5N2. The average Bonchev–Trinajstić information content (AvgIpc) is 3.40. The fraction of sp³-hybridized carbons (Fsp3) is 0.423. The van der Waals surface area contributed by atoms with E-state index in [0.29, 0.717) is 0 Å². The summed E-state index contributed by atoms with van der Waals surface area (Å²) in [5, 5.41) is 3.76. The molecule has 0 spiro atoms. The molecule has 0 saturated heterocycles. The van der Waals surface area contributed by atoms with E-state index in [9.17, 15) is 0 Å². The third kappa shape index (κ3) is 2.43. The third-order valence-electron chi connectivity index (χ3n) is 8.67. The van der Waals surface area contributed by atoms with Gasteiger partial charge >= 0.3 is 0 Å². The maximum absolute atomic E-state index is 7.38. The van der Waals surface area contributed by atoms with Crippen LogP contribution < -0.4 is 0 Å². The largest absolute Gasteiger partial charge is 0.237 e. The minimum absolute atomic E-state index is 0.0608. The van der Waals surface area contributed by atoms with E-state index in [1.807, 2.05) is 24.3 Å². The van der Waals surface area contributed by atoms with Crippen molar-refractivity contribution in [2.24, 2.45) is 11.8 Å². The number of aromatic nitrogens is 2. The second kappa shape index (κ2) is 7.08. The molecular weight excluding hydrogens is 518 g/mol. The first kappa shape index (κ1) is 21.4. The topological polar surface area (TPSA) is 17.8 Å². The van der Waals surface area contributed by atoms with E-state index in [1.54, 1.807) is 0 Å². The van der Waals surface area contributed by atoms with E-state index < -0.39 is 25.9 Å². The van der Waals surface area contributed by atoms with Gasteiger partial charge in [-0.05, 0) is 42.7 Å². The molecule has 1 aromatic heterocycles. The summed E-state index contributed by atoms with van der Waals surface area (Å²) < 4.78 is 2.13. The van der Waals surface area contributed by atoms with Crippen molar-refractivity contribution in [3.05, 3.63) is 71.9 Å². The van der Waals surface area contributed by atoms with Gasteiger partial charge in [-0.1, -0.05) is 48.5 Å². The van der Waals surface area contributed by atoms with Gasteiger partial charge in [-0.2, -0.15) is 5.10 Å². The minimum atomic E-state index is -0.846. The molecule has 9 atom stereocenters. The SMILES string of the molecule is Cl[C@H]1[C@]2(Cl)[C@@H]3[C@@H]([C@H]4CC[C@@H]3c3c(-c5ccccc5)nn(-c5ccccc5)c34)[C@@]1(Cl)[C@H](Cl)[C@@H]2Cl. The lowest BCUT2D eigenvalue weighted by atomic mass is 9.53. The highest BCUT2D eigenvalue weighted by Gasteiger charge is 2.82. The Balaban J connectivity index is 1.51. The van der Waals surface area contributed by atoms with Crippen molar-refractivity contribution in [1.82, 2.24) is 9.78 Å². The molecule has 0 unspecified atom stereocenters. The summed E-state index contributed by atoms with van der Waals surface area (Å²) in [4.78, 5) is -1.69. The lowest BCUT2D eigenvalue weighted by Gasteiger charge is -2.55. The first-order valence-corrected chi connectivity index (χ1v) is 13.5. The molecule has 2 aromatic carbocycles. The highest BCUT2D eigenvalue weighted by molar-refractivity contribution is 6.49. The van der Waals surface area contributed by atoms with Gasteiger partial charge in [0.05, 0.1) is 43.0 Å². The Kier molecular flexibility index (Phi) is 4.59. The highest BCUT2D eigenvalue weighted by Crippen LogP contribution is 2.77. The Bertz CT molecular complexity index is 1150. The predicted molar refractivity (Wildman–Crippen MR) is 137 cm³/mol. The normalized spacial score (nSPS) is 42.4. The van der Waals surface area contributed by atoms with Crippen LogP contribution in [0.25, 0.3) is 16.9 Å². The summed E-state index contributed by atoms with van der Waals surface area (Å²) in [6.45, 7) is 0. The van der Waals surface area contributed by atoms with Gasteiger partial charge in [0.25, 0.3) is 0 Å². The van der Waals surface area contributed by atoms with Gasteiger partial charge in [-0.25, -0.2) is 4.68 Å². The summed E-state index contributed by atoms with van der Waals surface area (Å²) in [7, 11) is 0. The first-order chi connectivity index (χ1) is 15.9. The zero-order chi connectivity index (χ0) is 22.7. The molecule has 33 heavy (non-hydrogen) atoms. The number of hydrogen-bond donors (Lipinski definition) is 0. The van der Waals surface area contributed by atoms with Crippen molar-refractivity contribution in [2.75, 3.05) is 0 Å². The van der Waals surface area contributed by atoms with Gasteiger partial charge in [0.1, 0.15) is 0 Å². The van der Waals surface area contributed by atoms with Crippen LogP contribution in [0.5, 0.6) is 0 Å². The molecule has 5 aliphatic carbocycles. The molecule has 4 bridgehead atoms. The van der Waals surface area contributed by atoms with Crippen molar-refractivity contribution >= 4 is 58.0 Å². The summed E-state index contributed by atoms with van der Waals surface area (Å²) in [5.74, 6) is 0.488. The predicted octanol–water partition coefficient (Wildman–Crippen LogP) is 7.55. The quantitative estimate of drug-likeness (QED) is 0.308. The molecule has 2 nitrogen and oxygen atoms in total. The van der Waals surface area contributed by atoms with E-state index in [4.69, 9.17) is 63.1 Å². The van der Waals surface area contributed by atoms with E-state index in [2.05, 4.69) is 41.1 Å². The number of rotatable bonds is 2. The zero-order valence-corrected chi connectivity index (χ0v) is 21.3. The average molecular weight is 539 g/mol. The van der Waals surface area contributed by atoms with Crippen molar-refractivity contribution in [3.63, 3.8) is 0 Å². The maximum atomic E-state index is 7.38. The number of para-hydroxylation sites is 1. The zero-order valence-electron chi connectivity index (χ0n) is 17.5. The van der Waals surface area contributed by atoms with E-state index in [1.165, 1.54) is 11.3 Å². The van der Waals surface area contributed by atoms with Gasteiger partial charge in [0.15, 0.2) is 0 Å². The number of nitrogens with zero attached hydrogens (tertiary/aromatic N) is 2. The van der Waals surface area contributed by atoms with Crippen LogP contribution in [0.3, 0.4) is 0 Å². The smallest absolute Gasteiger partial charge is 0.0965 e. The molecule has 5 aliphatic rings. The number of hydrogen-bond acceptors (Lipinski definition) is 1. The van der Waals surface area contributed by atoms with Gasteiger partial charge in [-0.15, -0.1) is 58.0 Å². The Hall–Kier alpha value is -0.900. The number of fused-ring (bicyclic) bond motifs is 3. The summed E-state index contributed by atoms with van der Waals surface area (Å²) >= 11 is 35.5. The lowest BCUT2D eigenvalue weighted by Crippen LogP contribution is -2.57. The van der Waals surface area contributed by atoms with Crippen LogP contribution in [0.2, 0.25) is 0 Å². The lowest BCUT2D eigenvalue weighted by molar-refractivity contribution is 0.109. The van der Waals surface area contributed by atoms with Crippen LogP contribution >= 0.6 is 58.0 Å². The monoisotopic (exact) mass is 536 g/mol. The van der Waals surface area contributed by atoms with Crippen LogP contribution in [0.15, 0.2) is 60.7 Å². The number of benzene rings is 2. The maximum Gasteiger partial charge on any atom is 0.0965 e. The number of halogens is 5. The Morgan fingerprint density at radius 1 is 0.758 bits per heavy atom. The Morgan fingerprint density at radius 3 is 1.94 bits per heavy atom. The number of alkyl halides is 5. The van der Waals surface area contributed by atoms with Crippen molar-refractivity contribution in [1.29, 1.82) is 0 Å². The van der Waals surface area contributed by atoms with Gasteiger partial charge in [0.2, 0.25) is 0 Å². The highest BCUT2D eigenvalue weighted by atomic mass is 35.5. The summed E-state index contributed by atoms with van der Waals surface area (Å²) in [5.41, 5.74) is 5.71. The van der Waals surface area contributed by atoms with Gasteiger partial charge < -0.3 is 0 Å². The van der Waals surface area contributed by atoms with Crippen LogP contribution in [-0.2, 0) is 0 Å². The molecule has 0 radical (unpaired) electrons. The Labute approximate surface area is 218 Å². The molecule has 3 saturated carbocycles. The van der Waals surface area contributed by atoms with Crippen molar-refractivity contribution < 1.29 is 0 Å². The third-order valence-corrected chi connectivity index (χ3v) is 12.6. The molecule has 8 rings (SSSR count). The van der Waals surface area contributed by atoms with Crippen LogP contribution in [0.4, 0.5) is 0 Å². The minimum Gasteiger partial charge on any atom is -0.237 e. The Morgan fingerprint density at radius 2 is 1.30 bits per heavy atom. The molecule has 3 fully saturated rings. The second-order valence-corrected chi connectivity index (χ2v) is 12.6. The van der Waals surface area contributed by atoms with Crippen LogP contribution in [0.1, 0.15) is 35.9 Å². The molecule has 3 aromatic rings. The standard InChI is InChI=1S/C26H21Cl5N2/c27-22-23(28)26(31)19-16-12-11-15(18(19)25(22,30)24(26)29)17-20(13-7-3-1-4-8-13)32-33(21(16)17)14-9-5-2-6-10-14/h1-10,15-16,18-19,22-24H,11-12H2/t15-,16-,18+,19-,22+,23-,24+,25+,26-/m1/s1. The van der Waals surface area contributed by atoms with Crippen molar-refractivity contribution in [2.45, 2.75) is 50.6 Å². The van der Waals surface area contributed by atoms with Crippen LogP contribution in [0, 0.1) is 11.8 Å². The first-order valence-electron chi connectivity index (χ1n) is 11.4. The summed E-state index contributed by atoms with van der Waals surface area (Å²) in [6, 6.07) is 20.7. The molecule has 0 aliphatic heterocycles. The molecule has 7 heteroatoms. The molecule has 1 heterocycles. The van der Waals surface area contributed by atoms with E-state index >= 15 is 0 Å². The van der Waals surface area contributed by atoms with E-state index in [0.717, 1.165) is 29.8 Å². The summed E-state index contributed by atoms with van der Waals surface area (Å²) in [6.07, 6.45) is 2.05. The van der Waals surface area contributed by atoms with Gasteiger partial charge in [-0.3, -0.25) is 0 Å². The molecule has 0 N–H and O–H groups in total. The van der Waals surface area contributed by atoms with Crippen molar-refractivity contribution in [3.8, 4) is 16.9 Å². The second-order valence-electron chi connectivity index (χ2n) is 9.92. The fourth-order valence-electron chi connectivity index (χ4n) is 7.53. The molecule has 0 amide bonds. The molecule has 170 valence electrons. The fourth-order valence-corrected chi connectivity index (χ4v) is 10.6. The van der Waals surface area contributed by atoms with Gasteiger partial charge in [0, 0.05) is 17.0 Å².